The number of phenols is 1. The van der Waals surface area contributed by atoms with Gasteiger partial charge in [0.25, 0.3) is 0 Å². The van der Waals surface area contributed by atoms with Gasteiger partial charge in [-0.05, 0) is 61.1 Å². The molecule has 122 valence electrons. The molecule has 0 aromatic heterocycles. The minimum Gasteiger partial charge on any atom is -0.508 e. The number of amides is 1. The Bertz CT molecular complexity index is 653. The third kappa shape index (κ3) is 5.95. The molecule has 0 saturated heterocycles. The number of carbonyl (C=O) groups is 1. The molecule has 0 aliphatic rings. The molecule has 0 aliphatic carbocycles. The number of benzene rings is 2. The Morgan fingerprint density at radius 2 is 1.78 bits per heavy atom. The van der Waals surface area contributed by atoms with Crippen molar-refractivity contribution in [2.24, 2.45) is 0 Å². The molecule has 0 fully saturated rings. The van der Waals surface area contributed by atoms with E-state index in [4.69, 9.17) is 11.6 Å². The second-order valence-electron chi connectivity index (χ2n) is 5.70. The SMILES string of the molecule is Cc1ccc(CCCNC(=O)CCc2ccc(O)cc2)cc1Cl. The minimum atomic E-state index is 0.0556. The highest BCUT2D eigenvalue weighted by atomic mass is 35.5. The maximum Gasteiger partial charge on any atom is 0.220 e. The average Bonchev–Trinajstić information content (AvgIpc) is 2.54. The summed E-state index contributed by atoms with van der Waals surface area (Å²) in [6.45, 7) is 2.65. The summed E-state index contributed by atoms with van der Waals surface area (Å²) >= 11 is 6.10. The van der Waals surface area contributed by atoms with Gasteiger partial charge in [-0.2, -0.15) is 0 Å². The molecule has 1 amide bonds. The number of nitrogens with one attached hydrogen (secondary N) is 1. The summed E-state index contributed by atoms with van der Waals surface area (Å²) in [5, 5.41) is 12.9. The van der Waals surface area contributed by atoms with Gasteiger partial charge in [-0.25, -0.2) is 0 Å². The first-order valence-electron chi connectivity index (χ1n) is 7.84. The smallest absolute Gasteiger partial charge is 0.220 e. The van der Waals surface area contributed by atoms with E-state index in [9.17, 15) is 9.90 Å². The van der Waals surface area contributed by atoms with Gasteiger partial charge in [-0.1, -0.05) is 35.9 Å². The van der Waals surface area contributed by atoms with Gasteiger partial charge < -0.3 is 10.4 Å². The van der Waals surface area contributed by atoms with E-state index in [1.54, 1.807) is 12.1 Å². The van der Waals surface area contributed by atoms with Crippen LogP contribution in [0.1, 0.15) is 29.5 Å². The topological polar surface area (TPSA) is 49.3 Å². The van der Waals surface area contributed by atoms with Crippen LogP contribution in [0.15, 0.2) is 42.5 Å². The predicted octanol–water partition coefficient (Wildman–Crippen LogP) is 4.04. The second kappa shape index (κ2) is 8.59. The van der Waals surface area contributed by atoms with E-state index in [0.29, 0.717) is 19.4 Å². The summed E-state index contributed by atoms with van der Waals surface area (Å²) in [7, 11) is 0. The van der Waals surface area contributed by atoms with Crippen molar-refractivity contribution in [1.82, 2.24) is 5.32 Å². The first-order valence-corrected chi connectivity index (χ1v) is 8.22. The summed E-state index contributed by atoms with van der Waals surface area (Å²) < 4.78 is 0. The van der Waals surface area contributed by atoms with Crippen LogP contribution in [0, 0.1) is 6.92 Å². The van der Waals surface area contributed by atoms with Crippen molar-refractivity contribution in [3.8, 4) is 5.75 Å². The second-order valence-corrected chi connectivity index (χ2v) is 6.11. The molecule has 0 heterocycles. The zero-order valence-electron chi connectivity index (χ0n) is 13.3. The van der Waals surface area contributed by atoms with Crippen LogP contribution in [-0.2, 0) is 17.6 Å². The fourth-order valence-corrected chi connectivity index (χ4v) is 2.52. The van der Waals surface area contributed by atoms with Crippen molar-refractivity contribution >= 4 is 17.5 Å². The Morgan fingerprint density at radius 1 is 1.09 bits per heavy atom. The van der Waals surface area contributed by atoms with Crippen molar-refractivity contribution in [3.63, 3.8) is 0 Å². The Balaban J connectivity index is 1.64. The molecule has 3 nitrogen and oxygen atoms in total. The van der Waals surface area contributed by atoms with Crippen LogP contribution >= 0.6 is 11.6 Å². The molecule has 4 heteroatoms. The molecule has 0 radical (unpaired) electrons. The number of aryl methyl sites for hydroxylation is 3. The molecule has 0 unspecified atom stereocenters. The predicted molar refractivity (Wildman–Crippen MR) is 93.9 cm³/mol. The van der Waals surface area contributed by atoms with Crippen LogP contribution in [0.5, 0.6) is 5.75 Å². The highest BCUT2D eigenvalue weighted by Gasteiger charge is 2.03. The van der Waals surface area contributed by atoms with Crippen molar-refractivity contribution in [1.29, 1.82) is 0 Å². The normalized spacial score (nSPS) is 10.5. The molecule has 0 aliphatic heterocycles. The Hall–Kier alpha value is -2.00. The fourth-order valence-electron chi connectivity index (χ4n) is 2.32. The van der Waals surface area contributed by atoms with E-state index in [1.807, 2.05) is 31.2 Å². The molecular formula is C19H22ClNO2. The maximum atomic E-state index is 11.8. The first-order chi connectivity index (χ1) is 11.0. The lowest BCUT2D eigenvalue weighted by atomic mass is 10.1. The fraction of sp³-hybridized carbons (Fsp3) is 0.316. The molecule has 0 atom stereocenters. The number of carbonyl (C=O) groups excluding carboxylic acids is 1. The van der Waals surface area contributed by atoms with E-state index >= 15 is 0 Å². The number of rotatable bonds is 7. The number of phenolic OH excluding ortho intramolecular Hbond substituents is 1. The summed E-state index contributed by atoms with van der Waals surface area (Å²) in [5.41, 5.74) is 3.32. The Labute approximate surface area is 142 Å². The number of aromatic hydroxyl groups is 1. The lowest BCUT2D eigenvalue weighted by Gasteiger charge is -2.07. The monoisotopic (exact) mass is 331 g/mol. The average molecular weight is 332 g/mol. The van der Waals surface area contributed by atoms with Crippen LogP contribution in [0.3, 0.4) is 0 Å². The van der Waals surface area contributed by atoms with Crippen molar-refractivity contribution < 1.29 is 9.90 Å². The van der Waals surface area contributed by atoms with E-state index in [-0.39, 0.29) is 11.7 Å². The van der Waals surface area contributed by atoms with Crippen LogP contribution in [0.25, 0.3) is 0 Å². The summed E-state index contributed by atoms with van der Waals surface area (Å²) in [5.74, 6) is 0.300. The van der Waals surface area contributed by atoms with Crippen LogP contribution in [0.4, 0.5) is 0 Å². The van der Waals surface area contributed by atoms with Gasteiger partial charge in [0, 0.05) is 18.0 Å². The third-order valence-corrected chi connectivity index (χ3v) is 4.18. The van der Waals surface area contributed by atoms with Crippen molar-refractivity contribution in [3.05, 3.63) is 64.2 Å². The standard InChI is InChI=1S/C19H22ClNO2/c1-14-4-5-16(13-18(14)20)3-2-12-21-19(23)11-8-15-6-9-17(22)10-7-15/h4-7,9-10,13,22H,2-3,8,11-12H2,1H3,(H,21,23). The molecule has 23 heavy (non-hydrogen) atoms. The molecule has 0 bridgehead atoms. The highest BCUT2D eigenvalue weighted by Crippen LogP contribution is 2.17. The molecule has 2 aromatic carbocycles. The van der Waals surface area contributed by atoms with Gasteiger partial charge >= 0.3 is 0 Å². The van der Waals surface area contributed by atoms with E-state index in [2.05, 4.69) is 11.4 Å². The van der Waals surface area contributed by atoms with Crippen LogP contribution in [-0.4, -0.2) is 17.6 Å². The third-order valence-electron chi connectivity index (χ3n) is 3.78. The van der Waals surface area contributed by atoms with E-state index < -0.39 is 0 Å². The first kappa shape index (κ1) is 17.4. The number of halogens is 1. The Kier molecular flexibility index (Phi) is 6.48. The summed E-state index contributed by atoms with van der Waals surface area (Å²) in [6, 6.07) is 13.0. The van der Waals surface area contributed by atoms with E-state index in [0.717, 1.165) is 29.0 Å². The van der Waals surface area contributed by atoms with Crippen LogP contribution in [0.2, 0.25) is 5.02 Å². The summed E-state index contributed by atoms with van der Waals surface area (Å²) in [6.07, 6.45) is 2.93. The molecule has 0 saturated carbocycles. The molecule has 0 spiro atoms. The molecular weight excluding hydrogens is 310 g/mol. The van der Waals surface area contributed by atoms with Gasteiger partial charge in [-0.3, -0.25) is 4.79 Å². The lowest BCUT2D eigenvalue weighted by molar-refractivity contribution is -0.121. The number of hydrogen-bond acceptors (Lipinski definition) is 2. The summed E-state index contributed by atoms with van der Waals surface area (Å²) in [4.78, 5) is 11.8. The number of hydrogen-bond donors (Lipinski definition) is 2. The van der Waals surface area contributed by atoms with Crippen LogP contribution < -0.4 is 5.32 Å². The van der Waals surface area contributed by atoms with Gasteiger partial charge in [0.2, 0.25) is 5.91 Å². The quantitative estimate of drug-likeness (QED) is 0.752. The van der Waals surface area contributed by atoms with Gasteiger partial charge in [0.1, 0.15) is 5.75 Å². The maximum absolute atomic E-state index is 11.8. The highest BCUT2D eigenvalue weighted by molar-refractivity contribution is 6.31. The molecule has 2 rings (SSSR count). The Morgan fingerprint density at radius 3 is 2.48 bits per heavy atom. The van der Waals surface area contributed by atoms with Gasteiger partial charge in [0.15, 0.2) is 0 Å². The lowest BCUT2D eigenvalue weighted by Crippen LogP contribution is -2.24. The van der Waals surface area contributed by atoms with Crippen molar-refractivity contribution in [2.45, 2.75) is 32.6 Å². The molecule has 2 N–H and O–H groups in total. The van der Waals surface area contributed by atoms with Crippen molar-refractivity contribution in [2.75, 3.05) is 6.54 Å². The van der Waals surface area contributed by atoms with Gasteiger partial charge in [-0.15, -0.1) is 0 Å². The largest absolute Gasteiger partial charge is 0.508 e. The zero-order valence-corrected chi connectivity index (χ0v) is 14.1. The van der Waals surface area contributed by atoms with E-state index in [1.165, 1.54) is 5.56 Å². The zero-order chi connectivity index (χ0) is 16.7. The minimum absolute atomic E-state index is 0.0556. The molecule has 2 aromatic rings. The van der Waals surface area contributed by atoms with Gasteiger partial charge in [0.05, 0.1) is 0 Å².